The number of nitrogens with two attached hydrogens (primary N) is 2. The van der Waals surface area contributed by atoms with E-state index >= 15 is 0 Å². The highest BCUT2D eigenvalue weighted by molar-refractivity contribution is 7.89. The van der Waals surface area contributed by atoms with Gasteiger partial charge in [0.15, 0.2) is 12.4 Å². The number of nitrogens with one attached hydrogen (secondary N) is 1. The van der Waals surface area contributed by atoms with Crippen LogP contribution in [0.2, 0.25) is 0 Å². The number of ether oxygens (including phenoxy) is 1. The Labute approximate surface area is 121 Å². The summed E-state index contributed by atoms with van der Waals surface area (Å²) in [6.07, 6.45) is 0. The monoisotopic (exact) mass is 316 g/mol. The molecule has 1 aromatic carbocycles. The van der Waals surface area contributed by atoms with Crippen LogP contribution in [0, 0.1) is 0 Å². The lowest BCUT2D eigenvalue weighted by Crippen LogP contribution is -2.34. The third-order valence-electron chi connectivity index (χ3n) is 2.34. The zero-order chi connectivity index (χ0) is 15.9. The van der Waals surface area contributed by atoms with Crippen LogP contribution in [0.1, 0.15) is 5.56 Å². The van der Waals surface area contributed by atoms with Crippen LogP contribution >= 0.6 is 0 Å². The molecule has 1 aromatic rings. The Morgan fingerprint density at radius 1 is 1.33 bits per heavy atom. The molecule has 0 aliphatic heterocycles. The van der Waals surface area contributed by atoms with Gasteiger partial charge in [-0.25, -0.2) is 13.6 Å². The second-order valence-electron chi connectivity index (χ2n) is 4.02. The van der Waals surface area contributed by atoms with Crippen molar-refractivity contribution in [3.05, 3.63) is 29.8 Å². The average molecular weight is 316 g/mol. The maximum atomic E-state index is 11.4. The number of primary sulfonamides is 1. The predicted molar refractivity (Wildman–Crippen MR) is 75.4 cm³/mol. The van der Waals surface area contributed by atoms with Crippen LogP contribution in [0.15, 0.2) is 29.4 Å². The third kappa shape index (κ3) is 6.58. The minimum atomic E-state index is -3.60. The molecule has 0 atom stereocenters. The lowest BCUT2D eigenvalue weighted by molar-refractivity contribution is -0.122. The van der Waals surface area contributed by atoms with Crippen molar-refractivity contribution in [3.8, 4) is 5.75 Å². The van der Waals surface area contributed by atoms with E-state index in [2.05, 4.69) is 10.5 Å². The molecule has 0 aliphatic carbocycles. The summed E-state index contributed by atoms with van der Waals surface area (Å²) in [7, 11) is -3.60. The topological polar surface area (TPSA) is 157 Å². The lowest BCUT2D eigenvalue weighted by Gasteiger charge is -2.07. The highest BCUT2D eigenvalue weighted by Gasteiger charge is 2.06. The first-order valence-corrected chi connectivity index (χ1v) is 7.51. The Hall–Kier alpha value is -2.33. The molecule has 0 saturated heterocycles. The van der Waals surface area contributed by atoms with E-state index in [1.54, 1.807) is 24.3 Å². The molecule has 21 heavy (non-hydrogen) atoms. The fourth-order valence-corrected chi connectivity index (χ4v) is 1.70. The van der Waals surface area contributed by atoms with Crippen LogP contribution in [0.3, 0.4) is 0 Å². The first kappa shape index (κ1) is 16.7. The van der Waals surface area contributed by atoms with Gasteiger partial charge >= 0.3 is 0 Å². The molecule has 116 valence electrons. The van der Waals surface area contributed by atoms with Gasteiger partial charge in [-0.15, -0.1) is 0 Å². The number of rotatable bonds is 7. The summed E-state index contributed by atoms with van der Waals surface area (Å²) in [6.45, 7) is -0.350. The summed E-state index contributed by atoms with van der Waals surface area (Å²) in [5, 5.41) is 18.5. The number of nitrogens with zero attached hydrogens (tertiary/aromatic N) is 1. The zero-order valence-electron chi connectivity index (χ0n) is 11.0. The summed E-state index contributed by atoms with van der Waals surface area (Å²) >= 11 is 0. The molecule has 0 heterocycles. The first-order chi connectivity index (χ1) is 9.81. The van der Waals surface area contributed by atoms with E-state index in [9.17, 15) is 13.2 Å². The smallest absolute Gasteiger partial charge is 0.257 e. The molecule has 10 heteroatoms. The highest BCUT2D eigenvalue weighted by Crippen LogP contribution is 2.11. The molecule has 1 rings (SSSR count). The van der Waals surface area contributed by atoms with Gasteiger partial charge in [0, 0.05) is 12.1 Å². The summed E-state index contributed by atoms with van der Waals surface area (Å²) in [5.41, 5.74) is 5.89. The van der Waals surface area contributed by atoms with Gasteiger partial charge in [0.25, 0.3) is 5.91 Å². The molecule has 0 aliphatic rings. The highest BCUT2D eigenvalue weighted by atomic mass is 32.2. The number of carbonyl (C=O) groups is 1. The van der Waals surface area contributed by atoms with E-state index in [1.165, 1.54) is 0 Å². The standard InChI is InChI=1S/C11H16N4O5S/c12-11(15-17)8-1-3-9(4-2-8)20-7-10(16)14-5-6-21(13,18)19/h1-4,17H,5-7H2,(H2,12,15)(H,14,16)(H2,13,18,19). The normalized spacial score (nSPS) is 12.0. The van der Waals surface area contributed by atoms with Crippen LogP contribution in [0.4, 0.5) is 0 Å². The predicted octanol–water partition coefficient (Wildman–Crippen LogP) is -1.44. The van der Waals surface area contributed by atoms with E-state index in [1.807, 2.05) is 0 Å². The molecule has 0 bridgehead atoms. The van der Waals surface area contributed by atoms with Gasteiger partial charge in [0.1, 0.15) is 5.75 Å². The van der Waals surface area contributed by atoms with Crippen LogP contribution in [0.5, 0.6) is 5.75 Å². The Bertz CT molecular complexity index is 612. The van der Waals surface area contributed by atoms with Crippen LogP contribution in [0.25, 0.3) is 0 Å². The average Bonchev–Trinajstić information content (AvgIpc) is 2.43. The summed E-state index contributed by atoms with van der Waals surface area (Å²) in [6, 6.07) is 6.21. The molecule has 1 amide bonds. The van der Waals surface area contributed by atoms with E-state index in [4.69, 9.17) is 20.8 Å². The van der Waals surface area contributed by atoms with Crippen molar-refractivity contribution < 1.29 is 23.2 Å². The van der Waals surface area contributed by atoms with E-state index in [-0.39, 0.29) is 24.7 Å². The second kappa shape index (κ2) is 7.45. The number of sulfonamides is 1. The number of hydrogen-bond acceptors (Lipinski definition) is 6. The number of hydrogen-bond donors (Lipinski definition) is 4. The fourth-order valence-electron chi connectivity index (χ4n) is 1.31. The Morgan fingerprint density at radius 3 is 2.48 bits per heavy atom. The zero-order valence-corrected chi connectivity index (χ0v) is 11.8. The number of benzene rings is 1. The largest absolute Gasteiger partial charge is 0.484 e. The molecule has 0 saturated carbocycles. The maximum Gasteiger partial charge on any atom is 0.257 e. The summed E-state index contributed by atoms with van der Waals surface area (Å²) in [4.78, 5) is 11.4. The molecule has 0 radical (unpaired) electrons. The molecule has 0 unspecified atom stereocenters. The first-order valence-electron chi connectivity index (χ1n) is 5.80. The van der Waals surface area contributed by atoms with Gasteiger partial charge in [-0.05, 0) is 24.3 Å². The van der Waals surface area contributed by atoms with Crippen molar-refractivity contribution in [2.24, 2.45) is 16.0 Å². The molecular weight excluding hydrogens is 300 g/mol. The SMILES string of the molecule is N/C(=N\O)c1ccc(OCC(=O)NCCS(N)(=O)=O)cc1. The van der Waals surface area contributed by atoms with Crippen molar-refractivity contribution in [1.82, 2.24) is 5.32 Å². The van der Waals surface area contributed by atoms with E-state index in [0.717, 1.165) is 0 Å². The number of amidine groups is 1. The Morgan fingerprint density at radius 2 is 1.95 bits per heavy atom. The van der Waals surface area contributed by atoms with Crippen molar-refractivity contribution in [1.29, 1.82) is 0 Å². The van der Waals surface area contributed by atoms with Gasteiger partial charge in [-0.2, -0.15) is 0 Å². The molecule has 9 nitrogen and oxygen atoms in total. The van der Waals surface area contributed by atoms with E-state index in [0.29, 0.717) is 11.3 Å². The van der Waals surface area contributed by atoms with Crippen molar-refractivity contribution >= 4 is 21.8 Å². The molecular formula is C11H16N4O5S. The van der Waals surface area contributed by atoms with Crippen LogP contribution in [-0.4, -0.2) is 44.3 Å². The van der Waals surface area contributed by atoms with Gasteiger partial charge in [-0.1, -0.05) is 5.16 Å². The molecule has 0 fully saturated rings. The van der Waals surface area contributed by atoms with Crippen LogP contribution < -0.4 is 20.9 Å². The van der Waals surface area contributed by atoms with Gasteiger partial charge in [0.2, 0.25) is 10.0 Å². The minimum Gasteiger partial charge on any atom is -0.484 e. The second-order valence-corrected chi connectivity index (χ2v) is 5.75. The Kier molecular flexibility index (Phi) is 5.93. The summed E-state index contributed by atoms with van der Waals surface area (Å²) in [5.74, 6) is -0.444. The number of amides is 1. The van der Waals surface area contributed by atoms with Crippen LogP contribution in [-0.2, 0) is 14.8 Å². The van der Waals surface area contributed by atoms with Gasteiger partial charge in [0.05, 0.1) is 5.75 Å². The Balaban J connectivity index is 2.39. The summed E-state index contributed by atoms with van der Waals surface area (Å²) < 4.78 is 26.5. The fraction of sp³-hybridized carbons (Fsp3) is 0.273. The lowest BCUT2D eigenvalue weighted by atomic mass is 10.2. The third-order valence-corrected chi connectivity index (χ3v) is 3.11. The number of carbonyl (C=O) groups excluding carboxylic acids is 1. The van der Waals surface area contributed by atoms with E-state index < -0.39 is 15.9 Å². The minimum absolute atomic E-state index is 0.0395. The van der Waals surface area contributed by atoms with Gasteiger partial charge < -0.3 is 21.0 Å². The van der Waals surface area contributed by atoms with Gasteiger partial charge in [-0.3, -0.25) is 4.79 Å². The molecule has 0 aromatic heterocycles. The molecule has 0 spiro atoms. The quantitative estimate of drug-likeness (QED) is 0.209. The molecule has 6 N–H and O–H groups in total. The van der Waals surface area contributed by atoms with Crippen molar-refractivity contribution in [3.63, 3.8) is 0 Å². The van der Waals surface area contributed by atoms with Crippen molar-refractivity contribution in [2.75, 3.05) is 18.9 Å². The number of oxime groups is 1. The maximum absolute atomic E-state index is 11.4. The van der Waals surface area contributed by atoms with Crippen molar-refractivity contribution in [2.45, 2.75) is 0 Å².